The molecule has 0 saturated heterocycles. The topological polar surface area (TPSA) is 63.3 Å². The van der Waals surface area contributed by atoms with E-state index in [4.69, 9.17) is 23.8 Å². The first-order valence-corrected chi connectivity index (χ1v) is 9.55. The molecule has 0 fully saturated rings. The number of aromatic nitrogens is 1. The molecule has 0 radical (unpaired) electrons. The van der Waals surface area contributed by atoms with E-state index >= 15 is 0 Å². The Hall–Kier alpha value is -2.90. The van der Waals surface area contributed by atoms with Gasteiger partial charge in [0.15, 0.2) is 5.11 Å². The SMILES string of the molecule is O=[N+]([O-])c1cccc([C@@H]2c3cccn3CCN2C(=S)Nc2ccccc2Cl)c1. The van der Waals surface area contributed by atoms with Gasteiger partial charge in [-0.1, -0.05) is 35.9 Å². The predicted octanol–water partition coefficient (Wildman–Crippen LogP) is 4.85. The molecule has 2 heterocycles. The number of fused-ring (bicyclic) bond motifs is 1. The van der Waals surface area contributed by atoms with Crippen molar-refractivity contribution >= 4 is 40.3 Å². The van der Waals surface area contributed by atoms with Gasteiger partial charge < -0.3 is 14.8 Å². The standard InChI is InChI=1S/C20H17ClN4O2S/c21-16-7-1-2-8-17(16)22-20(28)24-12-11-23-10-4-9-18(23)19(24)14-5-3-6-15(13-14)25(26)27/h1-10,13,19H,11-12H2,(H,22,28)/t19-/m1/s1. The van der Waals surface area contributed by atoms with E-state index in [-0.39, 0.29) is 16.7 Å². The van der Waals surface area contributed by atoms with Gasteiger partial charge in [-0.15, -0.1) is 0 Å². The summed E-state index contributed by atoms with van der Waals surface area (Å²) < 4.78 is 2.15. The Morgan fingerprint density at radius 3 is 2.75 bits per heavy atom. The van der Waals surface area contributed by atoms with Gasteiger partial charge in [0, 0.05) is 37.1 Å². The molecule has 0 spiro atoms. The van der Waals surface area contributed by atoms with E-state index in [1.54, 1.807) is 18.2 Å². The van der Waals surface area contributed by atoms with E-state index in [0.29, 0.717) is 16.7 Å². The number of nitro benzene ring substituents is 1. The van der Waals surface area contributed by atoms with E-state index in [9.17, 15) is 10.1 Å². The lowest BCUT2D eigenvalue weighted by molar-refractivity contribution is -0.384. The number of halogens is 1. The highest BCUT2D eigenvalue weighted by atomic mass is 35.5. The lowest BCUT2D eigenvalue weighted by Crippen LogP contribution is -2.44. The molecule has 6 nitrogen and oxygen atoms in total. The molecule has 1 N–H and O–H groups in total. The summed E-state index contributed by atoms with van der Waals surface area (Å²) in [6.07, 6.45) is 2.02. The number of anilines is 1. The minimum absolute atomic E-state index is 0.0612. The summed E-state index contributed by atoms with van der Waals surface area (Å²) in [5.74, 6) is 0. The Morgan fingerprint density at radius 1 is 1.14 bits per heavy atom. The fourth-order valence-corrected chi connectivity index (χ4v) is 4.00. The Bertz CT molecular complexity index is 1050. The molecular formula is C20H17ClN4O2S. The lowest BCUT2D eigenvalue weighted by Gasteiger charge is -2.39. The van der Waals surface area contributed by atoms with Gasteiger partial charge in [-0.2, -0.15) is 0 Å². The molecule has 3 aromatic rings. The number of nitrogens with zero attached hydrogens (tertiary/aromatic N) is 3. The van der Waals surface area contributed by atoms with Gasteiger partial charge in [-0.3, -0.25) is 10.1 Å². The Kier molecular flexibility index (Phi) is 5.02. The summed E-state index contributed by atoms with van der Waals surface area (Å²) in [4.78, 5) is 12.9. The first-order valence-electron chi connectivity index (χ1n) is 8.76. The Morgan fingerprint density at radius 2 is 1.96 bits per heavy atom. The molecule has 8 heteroatoms. The third-order valence-electron chi connectivity index (χ3n) is 4.81. The van der Waals surface area contributed by atoms with Crippen LogP contribution in [-0.2, 0) is 6.54 Å². The van der Waals surface area contributed by atoms with Crippen molar-refractivity contribution in [1.82, 2.24) is 9.47 Å². The number of rotatable bonds is 3. The summed E-state index contributed by atoms with van der Waals surface area (Å²) >= 11 is 12.0. The van der Waals surface area contributed by atoms with Crippen molar-refractivity contribution in [2.24, 2.45) is 0 Å². The van der Waals surface area contributed by atoms with Crippen LogP contribution >= 0.6 is 23.8 Å². The van der Waals surface area contributed by atoms with E-state index in [2.05, 4.69) is 9.88 Å². The van der Waals surface area contributed by atoms with Gasteiger partial charge in [0.05, 0.1) is 21.7 Å². The lowest BCUT2D eigenvalue weighted by atomic mass is 10.00. The fourth-order valence-electron chi connectivity index (χ4n) is 3.51. The molecule has 1 aliphatic rings. The molecule has 0 aliphatic carbocycles. The molecule has 4 rings (SSSR count). The van der Waals surface area contributed by atoms with Gasteiger partial charge in [-0.25, -0.2) is 0 Å². The Balaban J connectivity index is 1.72. The molecule has 142 valence electrons. The molecule has 1 aromatic heterocycles. The second-order valence-electron chi connectivity index (χ2n) is 6.48. The average Bonchev–Trinajstić information content (AvgIpc) is 3.17. The minimum Gasteiger partial charge on any atom is -0.348 e. The number of thiocarbonyl (C=S) groups is 1. The molecule has 0 bridgehead atoms. The van der Waals surface area contributed by atoms with Crippen molar-refractivity contribution in [3.63, 3.8) is 0 Å². The number of hydrogen-bond acceptors (Lipinski definition) is 3. The van der Waals surface area contributed by atoms with Crippen LogP contribution < -0.4 is 5.32 Å². The van der Waals surface area contributed by atoms with Crippen LogP contribution in [0.1, 0.15) is 17.3 Å². The molecule has 1 atom stereocenters. The first kappa shape index (κ1) is 18.5. The van der Waals surface area contributed by atoms with Crippen molar-refractivity contribution in [2.75, 3.05) is 11.9 Å². The highest BCUT2D eigenvalue weighted by Crippen LogP contribution is 2.34. The van der Waals surface area contributed by atoms with Crippen LogP contribution in [0.15, 0.2) is 66.9 Å². The maximum Gasteiger partial charge on any atom is 0.269 e. The van der Waals surface area contributed by atoms with Crippen LogP contribution in [0.2, 0.25) is 5.02 Å². The average molecular weight is 413 g/mol. The highest BCUT2D eigenvalue weighted by molar-refractivity contribution is 7.80. The van der Waals surface area contributed by atoms with Gasteiger partial charge in [0.1, 0.15) is 0 Å². The molecule has 28 heavy (non-hydrogen) atoms. The van der Waals surface area contributed by atoms with Crippen LogP contribution in [0.5, 0.6) is 0 Å². The van der Waals surface area contributed by atoms with Crippen LogP contribution in [0.4, 0.5) is 11.4 Å². The van der Waals surface area contributed by atoms with Gasteiger partial charge in [0.25, 0.3) is 5.69 Å². The third kappa shape index (κ3) is 3.46. The zero-order valence-corrected chi connectivity index (χ0v) is 16.4. The molecule has 0 unspecified atom stereocenters. The van der Waals surface area contributed by atoms with Crippen LogP contribution in [0.25, 0.3) is 0 Å². The van der Waals surface area contributed by atoms with Gasteiger partial charge in [0.2, 0.25) is 0 Å². The summed E-state index contributed by atoms with van der Waals surface area (Å²) in [7, 11) is 0. The maximum absolute atomic E-state index is 11.3. The molecule has 0 amide bonds. The van der Waals surface area contributed by atoms with E-state index in [1.165, 1.54) is 6.07 Å². The summed E-state index contributed by atoms with van der Waals surface area (Å²) in [5.41, 5.74) is 2.64. The molecular weight excluding hydrogens is 396 g/mol. The van der Waals surface area contributed by atoms with Crippen molar-refractivity contribution < 1.29 is 4.92 Å². The van der Waals surface area contributed by atoms with E-state index in [0.717, 1.165) is 23.5 Å². The van der Waals surface area contributed by atoms with Crippen molar-refractivity contribution in [3.05, 3.63) is 93.3 Å². The molecule has 1 aliphatic heterocycles. The molecule has 2 aromatic carbocycles. The predicted molar refractivity (Wildman–Crippen MR) is 114 cm³/mol. The van der Waals surface area contributed by atoms with Crippen molar-refractivity contribution in [3.8, 4) is 0 Å². The smallest absolute Gasteiger partial charge is 0.269 e. The zero-order valence-electron chi connectivity index (χ0n) is 14.8. The van der Waals surface area contributed by atoms with E-state index < -0.39 is 0 Å². The quantitative estimate of drug-likeness (QED) is 0.378. The third-order valence-corrected chi connectivity index (χ3v) is 5.48. The second kappa shape index (κ2) is 7.61. The summed E-state index contributed by atoms with van der Waals surface area (Å²) in [6, 6.07) is 17.9. The van der Waals surface area contributed by atoms with Gasteiger partial charge in [-0.05, 0) is 42.0 Å². The first-order chi connectivity index (χ1) is 13.5. The van der Waals surface area contributed by atoms with E-state index in [1.807, 2.05) is 47.5 Å². The fraction of sp³-hybridized carbons (Fsp3) is 0.150. The number of nitro groups is 1. The number of benzene rings is 2. The number of non-ortho nitro benzene ring substituents is 1. The molecule has 0 saturated carbocycles. The Labute approximate surface area is 172 Å². The van der Waals surface area contributed by atoms with Crippen molar-refractivity contribution in [1.29, 1.82) is 0 Å². The second-order valence-corrected chi connectivity index (χ2v) is 7.28. The van der Waals surface area contributed by atoms with Crippen LogP contribution in [0.3, 0.4) is 0 Å². The number of nitrogens with one attached hydrogen (secondary N) is 1. The largest absolute Gasteiger partial charge is 0.348 e. The number of hydrogen-bond donors (Lipinski definition) is 1. The zero-order chi connectivity index (χ0) is 19.7. The summed E-state index contributed by atoms with van der Waals surface area (Å²) in [6.45, 7) is 1.45. The van der Waals surface area contributed by atoms with Gasteiger partial charge >= 0.3 is 0 Å². The highest BCUT2D eigenvalue weighted by Gasteiger charge is 2.31. The van der Waals surface area contributed by atoms with Crippen LogP contribution in [-0.4, -0.2) is 26.0 Å². The maximum atomic E-state index is 11.3. The van der Waals surface area contributed by atoms with Crippen LogP contribution in [0, 0.1) is 10.1 Å². The number of para-hydroxylation sites is 1. The summed E-state index contributed by atoms with van der Waals surface area (Å²) in [5, 5.41) is 15.6. The van der Waals surface area contributed by atoms with Crippen molar-refractivity contribution in [2.45, 2.75) is 12.6 Å². The monoisotopic (exact) mass is 412 g/mol. The minimum atomic E-state index is -0.379. The normalized spacial score (nSPS) is 15.8.